The quantitative estimate of drug-likeness (QED) is 0.639. The second kappa shape index (κ2) is 9.18. The van der Waals surface area contributed by atoms with E-state index in [9.17, 15) is 14.4 Å². The molecular weight excluding hydrogens is 252 g/mol. The van der Waals surface area contributed by atoms with E-state index in [1.807, 2.05) is 0 Å². The van der Waals surface area contributed by atoms with E-state index in [2.05, 4.69) is 10.1 Å². The molecule has 0 saturated heterocycles. The summed E-state index contributed by atoms with van der Waals surface area (Å²) in [5.41, 5.74) is 0. The molecule has 0 aliphatic rings. The van der Waals surface area contributed by atoms with Gasteiger partial charge >= 0.3 is 18.0 Å². The van der Waals surface area contributed by atoms with Gasteiger partial charge in [0.1, 0.15) is 0 Å². The Bertz CT molecular complexity index is 319. The third-order valence-corrected chi connectivity index (χ3v) is 2.61. The molecule has 0 radical (unpaired) electrons. The van der Waals surface area contributed by atoms with Crippen molar-refractivity contribution in [2.75, 3.05) is 20.7 Å². The van der Waals surface area contributed by atoms with Crippen molar-refractivity contribution in [2.24, 2.45) is 0 Å². The predicted octanol–water partition coefficient (Wildman–Crippen LogP) is 0.834. The molecule has 110 valence electrons. The Labute approximate surface area is 112 Å². The number of urea groups is 1. The molecule has 2 N–H and O–H groups in total. The molecule has 0 fully saturated rings. The average Bonchev–Trinajstić information content (AvgIpc) is 2.35. The monoisotopic (exact) mass is 274 g/mol. The molecule has 0 rings (SSSR count). The van der Waals surface area contributed by atoms with Crippen molar-refractivity contribution >= 4 is 18.0 Å². The van der Waals surface area contributed by atoms with Gasteiger partial charge in [-0.1, -0.05) is 0 Å². The van der Waals surface area contributed by atoms with E-state index in [0.717, 1.165) is 0 Å². The number of carboxylic acids is 1. The van der Waals surface area contributed by atoms with Gasteiger partial charge in [0.25, 0.3) is 0 Å². The number of hydrogen-bond acceptors (Lipinski definition) is 4. The minimum absolute atomic E-state index is 0.0213. The van der Waals surface area contributed by atoms with E-state index in [-0.39, 0.29) is 30.9 Å². The maximum atomic E-state index is 11.7. The third-order valence-electron chi connectivity index (χ3n) is 2.61. The van der Waals surface area contributed by atoms with Crippen LogP contribution in [0.25, 0.3) is 0 Å². The standard InChI is InChI=1S/C12H22N2O5/c1-9(6-7-10(15)16)13-12(18)14(2)8-4-5-11(17)19-3/h9H,4-8H2,1-3H3,(H,13,18)(H,15,16). The lowest BCUT2D eigenvalue weighted by molar-refractivity contribution is -0.141. The van der Waals surface area contributed by atoms with Gasteiger partial charge in [0.2, 0.25) is 0 Å². The lowest BCUT2D eigenvalue weighted by Gasteiger charge is -2.20. The number of carboxylic acid groups (broad SMARTS) is 1. The van der Waals surface area contributed by atoms with Crippen LogP contribution in [0.3, 0.4) is 0 Å². The number of esters is 1. The van der Waals surface area contributed by atoms with Crippen LogP contribution in [-0.2, 0) is 14.3 Å². The lowest BCUT2D eigenvalue weighted by atomic mass is 10.2. The van der Waals surface area contributed by atoms with Gasteiger partial charge in [0.15, 0.2) is 0 Å². The fourth-order valence-electron chi connectivity index (χ4n) is 1.40. The highest BCUT2D eigenvalue weighted by atomic mass is 16.5. The second-order valence-electron chi connectivity index (χ2n) is 4.38. The van der Waals surface area contributed by atoms with Crippen molar-refractivity contribution in [3.63, 3.8) is 0 Å². The molecule has 19 heavy (non-hydrogen) atoms. The van der Waals surface area contributed by atoms with Crippen molar-refractivity contribution in [2.45, 2.75) is 38.6 Å². The number of rotatable bonds is 8. The minimum atomic E-state index is -0.882. The molecule has 0 aliphatic heterocycles. The first-order valence-electron chi connectivity index (χ1n) is 6.17. The Hall–Kier alpha value is -1.79. The van der Waals surface area contributed by atoms with Crippen LogP contribution in [0.4, 0.5) is 4.79 Å². The Morgan fingerprint density at radius 1 is 1.32 bits per heavy atom. The number of carbonyl (C=O) groups is 3. The zero-order chi connectivity index (χ0) is 14.8. The number of nitrogens with zero attached hydrogens (tertiary/aromatic N) is 1. The first kappa shape index (κ1) is 17.2. The second-order valence-corrected chi connectivity index (χ2v) is 4.38. The molecule has 2 amide bonds. The van der Waals surface area contributed by atoms with Gasteiger partial charge in [0, 0.05) is 32.5 Å². The molecule has 0 saturated carbocycles. The first-order valence-corrected chi connectivity index (χ1v) is 6.17. The van der Waals surface area contributed by atoms with Crippen molar-refractivity contribution in [3.05, 3.63) is 0 Å². The molecule has 0 bridgehead atoms. The molecule has 0 aromatic heterocycles. The summed E-state index contributed by atoms with van der Waals surface area (Å²) in [6, 6.07) is -0.477. The SMILES string of the molecule is COC(=O)CCCN(C)C(=O)NC(C)CCC(=O)O. The van der Waals surface area contributed by atoms with E-state index < -0.39 is 5.97 Å². The van der Waals surface area contributed by atoms with Gasteiger partial charge in [-0.05, 0) is 19.8 Å². The molecule has 1 atom stereocenters. The van der Waals surface area contributed by atoms with Gasteiger partial charge in [-0.25, -0.2) is 4.79 Å². The van der Waals surface area contributed by atoms with Gasteiger partial charge in [0.05, 0.1) is 7.11 Å². The highest BCUT2D eigenvalue weighted by Crippen LogP contribution is 1.99. The summed E-state index contributed by atoms with van der Waals surface area (Å²) in [4.78, 5) is 34.4. The Morgan fingerprint density at radius 3 is 2.47 bits per heavy atom. The lowest BCUT2D eigenvalue weighted by Crippen LogP contribution is -2.42. The summed E-state index contributed by atoms with van der Waals surface area (Å²) in [5.74, 6) is -1.18. The van der Waals surface area contributed by atoms with Crippen molar-refractivity contribution in [1.82, 2.24) is 10.2 Å². The highest BCUT2D eigenvalue weighted by molar-refractivity contribution is 5.74. The first-order chi connectivity index (χ1) is 8.86. The molecule has 0 aliphatic carbocycles. The number of methoxy groups -OCH3 is 1. The largest absolute Gasteiger partial charge is 0.481 e. The maximum Gasteiger partial charge on any atom is 0.317 e. The van der Waals surface area contributed by atoms with Gasteiger partial charge in [-0.3, -0.25) is 9.59 Å². The fraction of sp³-hybridized carbons (Fsp3) is 0.750. The molecule has 1 unspecified atom stereocenters. The van der Waals surface area contributed by atoms with Crippen LogP contribution >= 0.6 is 0 Å². The fourth-order valence-corrected chi connectivity index (χ4v) is 1.40. The molecule has 7 nitrogen and oxygen atoms in total. The van der Waals surface area contributed by atoms with Gasteiger partial charge < -0.3 is 20.1 Å². The van der Waals surface area contributed by atoms with Crippen LogP contribution in [-0.4, -0.2) is 54.7 Å². The number of ether oxygens (including phenoxy) is 1. The zero-order valence-corrected chi connectivity index (χ0v) is 11.6. The maximum absolute atomic E-state index is 11.7. The number of carbonyl (C=O) groups excluding carboxylic acids is 2. The van der Waals surface area contributed by atoms with Gasteiger partial charge in [-0.2, -0.15) is 0 Å². The number of aliphatic carboxylic acids is 1. The van der Waals surface area contributed by atoms with E-state index in [1.54, 1.807) is 14.0 Å². The molecule has 0 spiro atoms. The Balaban J connectivity index is 3.86. The van der Waals surface area contributed by atoms with Crippen LogP contribution in [0, 0.1) is 0 Å². The Kier molecular flexibility index (Phi) is 8.32. The van der Waals surface area contributed by atoms with E-state index >= 15 is 0 Å². The third kappa shape index (κ3) is 8.87. The molecule has 7 heteroatoms. The summed E-state index contributed by atoms with van der Waals surface area (Å²) in [6.07, 6.45) is 1.20. The van der Waals surface area contributed by atoms with Crippen molar-refractivity contribution < 1.29 is 24.2 Å². The van der Waals surface area contributed by atoms with Crippen LogP contribution in [0.15, 0.2) is 0 Å². The minimum Gasteiger partial charge on any atom is -0.481 e. The van der Waals surface area contributed by atoms with Crippen LogP contribution < -0.4 is 5.32 Å². The summed E-state index contributed by atoms with van der Waals surface area (Å²) in [7, 11) is 2.94. The average molecular weight is 274 g/mol. The molecule has 0 aromatic rings. The zero-order valence-electron chi connectivity index (χ0n) is 11.6. The van der Waals surface area contributed by atoms with E-state index in [1.165, 1.54) is 12.0 Å². The van der Waals surface area contributed by atoms with E-state index in [0.29, 0.717) is 19.4 Å². The normalized spacial score (nSPS) is 11.5. The van der Waals surface area contributed by atoms with E-state index in [4.69, 9.17) is 5.11 Å². The summed E-state index contributed by atoms with van der Waals surface area (Å²) < 4.78 is 4.50. The number of amides is 2. The molecule has 0 aromatic carbocycles. The highest BCUT2D eigenvalue weighted by Gasteiger charge is 2.13. The predicted molar refractivity (Wildman–Crippen MR) is 68.7 cm³/mol. The van der Waals surface area contributed by atoms with Gasteiger partial charge in [-0.15, -0.1) is 0 Å². The van der Waals surface area contributed by atoms with Crippen molar-refractivity contribution in [3.8, 4) is 0 Å². The number of hydrogen-bond donors (Lipinski definition) is 2. The van der Waals surface area contributed by atoms with Crippen LogP contribution in [0.2, 0.25) is 0 Å². The summed E-state index contributed by atoms with van der Waals surface area (Å²) in [6.45, 7) is 2.19. The van der Waals surface area contributed by atoms with Crippen LogP contribution in [0.1, 0.15) is 32.6 Å². The summed E-state index contributed by atoms with van der Waals surface area (Å²) in [5, 5.41) is 11.2. The molecule has 0 heterocycles. The molecular formula is C12H22N2O5. The number of nitrogens with one attached hydrogen (secondary N) is 1. The smallest absolute Gasteiger partial charge is 0.317 e. The van der Waals surface area contributed by atoms with Crippen LogP contribution in [0.5, 0.6) is 0 Å². The Morgan fingerprint density at radius 2 is 1.95 bits per heavy atom. The summed E-state index contributed by atoms with van der Waals surface area (Å²) >= 11 is 0. The topological polar surface area (TPSA) is 95.9 Å². The van der Waals surface area contributed by atoms with Crippen molar-refractivity contribution in [1.29, 1.82) is 0 Å².